The quantitative estimate of drug-likeness (QED) is 0.373. The molecular formula is C27H22N2O2. The van der Waals surface area contributed by atoms with Crippen LogP contribution in [-0.2, 0) is 13.2 Å². The molecule has 1 heterocycles. The molecular weight excluding hydrogens is 384 g/mol. The van der Waals surface area contributed by atoms with Crippen LogP contribution in [0.1, 0.15) is 22.3 Å². The van der Waals surface area contributed by atoms with E-state index in [9.17, 15) is 5.26 Å². The number of hydrogen-bond acceptors (Lipinski definition) is 4. The molecule has 3 aromatic carbocycles. The highest BCUT2D eigenvalue weighted by Gasteiger charge is 2.12. The van der Waals surface area contributed by atoms with E-state index < -0.39 is 0 Å². The van der Waals surface area contributed by atoms with Gasteiger partial charge in [-0.2, -0.15) is 10.2 Å². The van der Waals surface area contributed by atoms with Crippen LogP contribution in [-0.4, -0.2) is 4.98 Å². The highest BCUT2D eigenvalue weighted by atomic mass is 16.5. The molecule has 0 unspecified atom stereocenters. The molecule has 0 amide bonds. The smallest absolute Gasteiger partial charge is 0.225 e. The second kappa shape index (κ2) is 9.60. The topological polar surface area (TPSA) is 55.1 Å². The molecule has 0 aliphatic rings. The van der Waals surface area contributed by atoms with Crippen molar-refractivity contribution in [2.24, 2.45) is 0 Å². The molecule has 31 heavy (non-hydrogen) atoms. The zero-order valence-electron chi connectivity index (χ0n) is 17.3. The molecule has 0 bridgehead atoms. The van der Waals surface area contributed by atoms with E-state index in [-0.39, 0.29) is 0 Å². The Morgan fingerprint density at radius 3 is 2.03 bits per heavy atom. The predicted molar refractivity (Wildman–Crippen MR) is 121 cm³/mol. The van der Waals surface area contributed by atoms with Crippen molar-refractivity contribution < 1.29 is 9.47 Å². The van der Waals surface area contributed by atoms with E-state index in [0.717, 1.165) is 27.8 Å². The summed E-state index contributed by atoms with van der Waals surface area (Å²) >= 11 is 0. The highest BCUT2D eigenvalue weighted by molar-refractivity contribution is 5.70. The number of aromatic nitrogens is 1. The van der Waals surface area contributed by atoms with Gasteiger partial charge in [0.2, 0.25) is 11.8 Å². The number of pyridine rings is 1. The molecule has 1 aromatic heterocycles. The second-order valence-corrected chi connectivity index (χ2v) is 7.19. The normalized spacial score (nSPS) is 10.3. The Hall–Kier alpha value is -4.10. The van der Waals surface area contributed by atoms with E-state index in [1.165, 1.54) is 0 Å². The third-order valence-corrected chi connectivity index (χ3v) is 4.94. The van der Waals surface area contributed by atoms with Crippen molar-refractivity contribution in [3.63, 3.8) is 0 Å². The van der Waals surface area contributed by atoms with Crippen LogP contribution < -0.4 is 9.47 Å². The lowest BCUT2D eigenvalue weighted by atomic mass is 10.0. The van der Waals surface area contributed by atoms with Gasteiger partial charge in [-0.3, -0.25) is 0 Å². The third kappa shape index (κ3) is 5.09. The van der Waals surface area contributed by atoms with Crippen molar-refractivity contribution >= 4 is 0 Å². The van der Waals surface area contributed by atoms with E-state index in [1.807, 2.05) is 97.9 Å². The summed E-state index contributed by atoms with van der Waals surface area (Å²) in [6.45, 7) is 2.76. The van der Waals surface area contributed by atoms with Crippen LogP contribution in [0.15, 0.2) is 91.0 Å². The summed E-state index contributed by atoms with van der Waals surface area (Å²) in [7, 11) is 0. The Balaban J connectivity index is 1.62. The first-order valence-corrected chi connectivity index (χ1v) is 10.1. The van der Waals surface area contributed by atoms with Crippen molar-refractivity contribution in [2.75, 3.05) is 0 Å². The number of rotatable bonds is 7. The minimum Gasteiger partial charge on any atom is -0.473 e. The number of benzene rings is 3. The standard InChI is InChI=1S/C27H22N2O2/c1-20-16-23(12-13-24(20)17-28)25-14-15-26(30-18-21-8-4-2-5-9-21)29-27(25)31-19-22-10-6-3-7-11-22/h2-16H,18-19H2,1H3. The first kappa shape index (κ1) is 20.2. The summed E-state index contributed by atoms with van der Waals surface area (Å²) in [6.07, 6.45) is 0. The van der Waals surface area contributed by atoms with Crippen molar-refractivity contribution in [2.45, 2.75) is 20.1 Å². The van der Waals surface area contributed by atoms with Gasteiger partial charge in [-0.05, 0) is 47.4 Å². The Kier molecular flexibility index (Phi) is 6.25. The number of nitriles is 1. The molecule has 4 rings (SSSR count). The number of aryl methyl sites for hydroxylation is 1. The fourth-order valence-corrected chi connectivity index (χ4v) is 3.25. The fourth-order valence-electron chi connectivity index (χ4n) is 3.25. The molecule has 0 atom stereocenters. The minimum absolute atomic E-state index is 0.401. The SMILES string of the molecule is Cc1cc(-c2ccc(OCc3ccccc3)nc2OCc2ccccc2)ccc1C#N. The van der Waals surface area contributed by atoms with Gasteiger partial charge in [0.1, 0.15) is 13.2 Å². The van der Waals surface area contributed by atoms with Crippen molar-refractivity contribution in [1.29, 1.82) is 5.26 Å². The van der Waals surface area contributed by atoms with Crippen molar-refractivity contribution in [1.82, 2.24) is 4.98 Å². The average molecular weight is 406 g/mol. The average Bonchev–Trinajstić information content (AvgIpc) is 2.83. The van der Waals surface area contributed by atoms with Crippen molar-refractivity contribution in [3.05, 3.63) is 113 Å². The fraction of sp³-hybridized carbons (Fsp3) is 0.111. The van der Waals surface area contributed by atoms with Crippen LogP contribution in [0.3, 0.4) is 0 Å². The lowest BCUT2D eigenvalue weighted by Crippen LogP contribution is -2.02. The monoisotopic (exact) mass is 406 g/mol. The molecule has 0 aliphatic carbocycles. The van der Waals surface area contributed by atoms with Crippen LogP contribution in [0.2, 0.25) is 0 Å². The van der Waals surface area contributed by atoms with Gasteiger partial charge in [-0.1, -0.05) is 66.7 Å². The first-order valence-electron chi connectivity index (χ1n) is 10.1. The van der Waals surface area contributed by atoms with Gasteiger partial charge >= 0.3 is 0 Å². The van der Waals surface area contributed by atoms with E-state index in [2.05, 4.69) is 11.1 Å². The predicted octanol–water partition coefficient (Wildman–Crippen LogP) is 6.09. The summed E-state index contributed by atoms with van der Waals surface area (Å²) in [5.74, 6) is 1.000. The molecule has 0 spiro atoms. The van der Waals surface area contributed by atoms with Crippen LogP contribution in [0.4, 0.5) is 0 Å². The van der Waals surface area contributed by atoms with Gasteiger partial charge in [-0.25, -0.2) is 0 Å². The largest absolute Gasteiger partial charge is 0.473 e. The zero-order chi connectivity index (χ0) is 21.5. The molecule has 4 aromatic rings. The number of nitrogens with zero attached hydrogens (tertiary/aromatic N) is 2. The Morgan fingerprint density at radius 2 is 1.42 bits per heavy atom. The lowest BCUT2D eigenvalue weighted by Gasteiger charge is -2.14. The van der Waals surface area contributed by atoms with Gasteiger partial charge in [-0.15, -0.1) is 0 Å². The molecule has 152 valence electrons. The van der Waals surface area contributed by atoms with Gasteiger partial charge in [0.05, 0.1) is 11.6 Å². The van der Waals surface area contributed by atoms with Gasteiger partial charge in [0, 0.05) is 11.6 Å². The lowest BCUT2D eigenvalue weighted by molar-refractivity contribution is 0.268. The first-order chi connectivity index (χ1) is 15.2. The third-order valence-electron chi connectivity index (χ3n) is 4.94. The molecule has 0 radical (unpaired) electrons. The molecule has 0 saturated carbocycles. The maximum Gasteiger partial charge on any atom is 0.225 e. The molecule has 4 heteroatoms. The maximum absolute atomic E-state index is 9.23. The Bertz CT molecular complexity index is 1200. The van der Waals surface area contributed by atoms with E-state index in [4.69, 9.17) is 9.47 Å². The Morgan fingerprint density at radius 1 is 0.774 bits per heavy atom. The molecule has 0 fully saturated rings. The van der Waals surface area contributed by atoms with Crippen LogP contribution >= 0.6 is 0 Å². The Labute approximate surface area is 182 Å². The highest BCUT2D eigenvalue weighted by Crippen LogP contribution is 2.32. The maximum atomic E-state index is 9.23. The van der Waals surface area contributed by atoms with Crippen molar-refractivity contribution in [3.8, 4) is 29.0 Å². The van der Waals surface area contributed by atoms with E-state index in [1.54, 1.807) is 0 Å². The molecule has 0 N–H and O–H groups in total. The van der Waals surface area contributed by atoms with Gasteiger partial charge in [0.25, 0.3) is 0 Å². The minimum atomic E-state index is 0.401. The molecule has 0 aliphatic heterocycles. The molecule has 0 saturated heterocycles. The summed E-state index contributed by atoms with van der Waals surface area (Å²) < 4.78 is 12.0. The molecule has 4 nitrogen and oxygen atoms in total. The summed E-state index contributed by atoms with van der Waals surface area (Å²) in [4.78, 5) is 4.64. The number of hydrogen-bond donors (Lipinski definition) is 0. The van der Waals surface area contributed by atoms with Crippen LogP contribution in [0, 0.1) is 18.3 Å². The summed E-state index contributed by atoms with van der Waals surface area (Å²) in [5, 5.41) is 9.23. The van der Waals surface area contributed by atoms with Gasteiger partial charge in [0.15, 0.2) is 0 Å². The number of ether oxygens (including phenoxy) is 2. The zero-order valence-corrected chi connectivity index (χ0v) is 17.3. The van der Waals surface area contributed by atoms with Crippen LogP contribution in [0.5, 0.6) is 11.8 Å². The second-order valence-electron chi connectivity index (χ2n) is 7.19. The van der Waals surface area contributed by atoms with E-state index in [0.29, 0.717) is 30.5 Å². The summed E-state index contributed by atoms with van der Waals surface area (Å²) in [6, 6.07) is 31.7. The van der Waals surface area contributed by atoms with Gasteiger partial charge < -0.3 is 9.47 Å². The summed E-state index contributed by atoms with van der Waals surface area (Å²) in [5.41, 5.74) is 5.51. The van der Waals surface area contributed by atoms with Crippen LogP contribution in [0.25, 0.3) is 11.1 Å². The van der Waals surface area contributed by atoms with E-state index >= 15 is 0 Å².